The molecule has 3 heteroatoms. The van der Waals surface area contributed by atoms with E-state index in [0.717, 1.165) is 16.7 Å². The molecule has 0 fully saturated rings. The SMILES string of the molecule is O=C1C2=Cc3ccccc3C2=CC=[N+]1[O-]. The number of rotatable bonds is 0. The Kier molecular flexibility index (Phi) is 1.45. The zero-order valence-corrected chi connectivity index (χ0v) is 7.81. The van der Waals surface area contributed by atoms with Crippen LogP contribution < -0.4 is 0 Å². The van der Waals surface area contributed by atoms with Crippen molar-refractivity contribution in [1.29, 1.82) is 0 Å². The summed E-state index contributed by atoms with van der Waals surface area (Å²) >= 11 is 0. The van der Waals surface area contributed by atoms with Gasteiger partial charge in [-0.15, -0.1) is 4.74 Å². The highest BCUT2D eigenvalue weighted by Crippen LogP contribution is 2.36. The Hall–Kier alpha value is -2.16. The Labute approximate surface area is 86.2 Å². The van der Waals surface area contributed by atoms with Gasteiger partial charge in [-0.05, 0) is 17.2 Å². The van der Waals surface area contributed by atoms with Gasteiger partial charge in [0.25, 0.3) is 0 Å². The van der Waals surface area contributed by atoms with Crippen LogP contribution in [0.15, 0.2) is 35.9 Å². The zero-order valence-electron chi connectivity index (χ0n) is 7.81. The van der Waals surface area contributed by atoms with E-state index in [1.165, 1.54) is 6.21 Å². The van der Waals surface area contributed by atoms with E-state index >= 15 is 0 Å². The highest BCUT2D eigenvalue weighted by atomic mass is 16.5. The van der Waals surface area contributed by atoms with Crippen molar-refractivity contribution in [1.82, 2.24) is 0 Å². The van der Waals surface area contributed by atoms with Crippen molar-refractivity contribution in [2.75, 3.05) is 0 Å². The van der Waals surface area contributed by atoms with E-state index in [1.54, 1.807) is 12.2 Å². The van der Waals surface area contributed by atoms with Crippen molar-refractivity contribution in [3.8, 4) is 0 Å². The summed E-state index contributed by atoms with van der Waals surface area (Å²) in [6.45, 7) is 0. The first-order valence-corrected chi connectivity index (χ1v) is 4.65. The van der Waals surface area contributed by atoms with Gasteiger partial charge < -0.3 is 5.21 Å². The first-order valence-electron chi connectivity index (χ1n) is 4.65. The number of hydrogen-bond acceptors (Lipinski definition) is 2. The third-order valence-corrected chi connectivity index (χ3v) is 2.65. The number of nitrogens with zero attached hydrogens (tertiary/aromatic N) is 1. The molecule has 0 spiro atoms. The lowest BCUT2D eigenvalue weighted by Crippen LogP contribution is -2.20. The smallest absolute Gasteiger partial charge is 0.431 e. The highest BCUT2D eigenvalue weighted by molar-refractivity contribution is 6.18. The average Bonchev–Trinajstić information content (AvgIpc) is 2.63. The summed E-state index contributed by atoms with van der Waals surface area (Å²) in [6.07, 6.45) is 4.71. The van der Waals surface area contributed by atoms with Crippen molar-refractivity contribution in [2.45, 2.75) is 0 Å². The van der Waals surface area contributed by atoms with Gasteiger partial charge >= 0.3 is 5.91 Å². The molecule has 0 saturated carbocycles. The number of hydroxylamine groups is 1. The summed E-state index contributed by atoms with van der Waals surface area (Å²) in [7, 11) is 0. The monoisotopic (exact) mass is 197 g/mol. The molecule has 0 bridgehead atoms. The van der Waals surface area contributed by atoms with Crippen molar-refractivity contribution in [2.24, 2.45) is 0 Å². The van der Waals surface area contributed by atoms with E-state index in [1.807, 2.05) is 24.3 Å². The van der Waals surface area contributed by atoms with Gasteiger partial charge in [0.1, 0.15) is 5.57 Å². The van der Waals surface area contributed by atoms with Gasteiger partial charge in [-0.1, -0.05) is 24.3 Å². The van der Waals surface area contributed by atoms with Crippen molar-refractivity contribution in [3.63, 3.8) is 0 Å². The van der Waals surface area contributed by atoms with E-state index in [4.69, 9.17) is 0 Å². The molecule has 0 N–H and O–H groups in total. The minimum absolute atomic E-state index is 0.362. The predicted molar refractivity (Wildman–Crippen MR) is 57.1 cm³/mol. The number of carbonyl (C=O) groups is 1. The molecule has 0 unspecified atom stereocenters. The van der Waals surface area contributed by atoms with Crippen molar-refractivity contribution in [3.05, 3.63) is 52.2 Å². The van der Waals surface area contributed by atoms with E-state index in [9.17, 15) is 10.0 Å². The van der Waals surface area contributed by atoms with Gasteiger partial charge in [0.15, 0.2) is 6.21 Å². The number of amides is 1. The molecule has 3 nitrogen and oxygen atoms in total. The lowest BCUT2D eigenvalue weighted by atomic mass is 10.0. The van der Waals surface area contributed by atoms with Crippen molar-refractivity contribution >= 4 is 23.8 Å². The minimum Gasteiger partial charge on any atom is -0.616 e. The molecule has 2 aliphatic rings. The second kappa shape index (κ2) is 2.67. The van der Waals surface area contributed by atoms with Gasteiger partial charge in [0.05, 0.1) is 0 Å². The lowest BCUT2D eigenvalue weighted by Gasteiger charge is -2.08. The summed E-state index contributed by atoms with van der Waals surface area (Å²) < 4.78 is 0.362. The summed E-state index contributed by atoms with van der Waals surface area (Å²) in [5.41, 5.74) is 3.36. The van der Waals surface area contributed by atoms with Crippen LogP contribution in [0, 0.1) is 5.21 Å². The zero-order chi connectivity index (χ0) is 10.4. The molecule has 1 heterocycles. The molecule has 0 saturated heterocycles. The Bertz CT molecular complexity index is 565. The fourth-order valence-electron chi connectivity index (χ4n) is 1.93. The number of allylic oxidation sites excluding steroid dienone is 1. The second-order valence-corrected chi connectivity index (χ2v) is 3.51. The molecule has 72 valence electrons. The molecular weight excluding hydrogens is 190 g/mol. The summed E-state index contributed by atoms with van der Waals surface area (Å²) in [4.78, 5) is 11.5. The van der Waals surface area contributed by atoms with Gasteiger partial charge in [0.2, 0.25) is 0 Å². The molecule has 1 aromatic rings. The lowest BCUT2D eigenvalue weighted by molar-refractivity contribution is -0.371. The summed E-state index contributed by atoms with van der Waals surface area (Å²) in [5.74, 6) is -0.483. The standard InChI is InChI=1S/C12H7NO2/c14-12-11-7-8-3-1-2-4-9(8)10(11)5-6-13(12)15/h1-7H. The largest absolute Gasteiger partial charge is 0.616 e. The molecular formula is C12H7NO2. The molecule has 0 radical (unpaired) electrons. The number of fused-ring (bicyclic) bond motifs is 3. The maximum Gasteiger partial charge on any atom is 0.431 e. The maximum absolute atomic E-state index is 11.5. The van der Waals surface area contributed by atoms with E-state index in [0.29, 0.717) is 10.3 Å². The minimum atomic E-state index is -0.483. The highest BCUT2D eigenvalue weighted by Gasteiger charge is 2.31. The normalized spacial score (nSPS) is 17.6. The van der Waals surface area contributed by atoms with Crippen LogP contribution in [0.2, 0.25) is 0 Å². The number of carbonyl (C=O) groups excluding carboxylic acids is 1. The summed E-state index contributed by atoms with van der Waals surface area (Å²) in [5, 5.41) is 11.1. The van der Waals surface area contributed by atoms with Crippen LogP contribution in [-0.2, 0) is 4.79 Å². The summed E-state index contributed by atoms with van der Waals surface area (Å²) in [6, 6.07) is 7.72. The fourth-order valence-corrected chi connectivity index (χ4v) is 1.93. The van der Waals surface area contributed by atoms with Crippen LogP contribution in [0.4, 0.5) is 0 Å². The molecule has 0 atom stereocenters. The molecule has 15 heavy (non-hydrogen) atoms. The predicted octanol–water partition coefficient (Wildman–Crippen LogP) is 1.59. The van der Waals surface area contributed by atoms with Crippen LogP contribution in [-0.4, -0.2) is 16.9 Å². The second-order valence-electron chi connectivity index (χ2n) is 3.51. The van der Waals surface area contributed by atoms with E-state index in [2.05, 4.69) is 0 Å². The van der Waals surface area contributed by atoms with Crippen LogP contribution in [0.3, 0.4) is 0 Å². The van der Waals surface area contributed by atoms with Crippen LogP contribution in [0.25, 0.3) is 11.6 Å². The van der Waals surface area contributed by atoms with Crippen molar-refractivity contribution < 1.29 is 9.53 Å². The Morgan fingerprint density at radius 3 is 2.80 bits per heavy atom. The molecule has 1 aliphatic heterocycles. The van der Waals surface area contributed by atoms with Gasteiger partial charge in [-0.25, -0.2) is 4.79 Å². The van der Waals surface area contributed by atoms with Crippen LogP contribution in [0.1, 0.15) is 11.1 Å². The fraction of sp³-hybridized carbons (Fsp3) is 0. The maximum atomic E-state index is 11.5. The third-order valence-electron chi connectivity index (χ3n) is 2.65. The van der Waals surface area contributed by atoms with Gasteiger partial charge in [-0.3, -0.25) is 0 Å². The van der Waals surface area contributed by atoms with E-state index in [-0.39, 0.29) is 0 Å². The van der Waals surface area contributed by atoms with Gasteiger partial charge in [-0.2, -0.15) is 0 Å². The average molecular weight is 197 g/mol. The Morgan fingerprint density at radius 1 is 1.13 bits per heavy atom. The number of benzene rings is 1. The van der Waals surface area contributed by atoms with Gasteiger partial charge in [0, 0.05) is 11.6 Å². The Balaban J connectivity index is 2.26. The molecule has 1 aromatic carbocycles. The first kappa shape index (κ1) is 8.17. The first-order chi connectivity index (χ1) is 7.27. The van der Waals surface area contributed by atoms with Crippen LogP contribution in [0.5, 0.6) is 0 Å². The number of hydrogen-bond donors (Lipinski definition) is 0. The molecule has 1 amide bonds. The Morgan fingerprint density at radius 2 is 1.93 bits per heavy atom. The molecule has 3 rings (SSSR count). The quantitative estimate of drug-likeness (QED) is 0.468. The molecule has 0 aromatic heterocycles. The third kappa shape index (κ3) is 1.00. The van der Waals surface area contributed by atoms with Crippen LogP contribution >= 0.6 is 0 Å². The van der Waals surface area contributed by atoms with E-state index < -0.39 is 5.91 Å². The topological polar surface area (TPSA) is 43.1 Å². The molecule has 1 aliphatic carbocycles.